The van der Waals surface area contributed by atoms with Crippen LogP contribution in [0, 0.1) is 0 Å². The first-order valence-electron chi connectivity index (χ1n) is 14.8. The average Bonchev–Trinajstić information content (AvgIpc) is 3.10. The molecule has 7 N–H and O–H groups in total. The zero-order valence-corrected chi connectivity index (χ0v) is 27.7. The fourth-order valence-corrected chi connectivity index (χ4v) is 5.19. The molecule has 0 bridgehead atoms. The van der Waals surface area contributed by atoms with Crippen LogP contribution in [0.25, 0.3) is 11.1 Å². The molecule has 0 fully saturated rings. The van der Waals surface area contributed by atoms with Gasteiger partial charge in [-0.15, -0.1) is 10.2 Å². The second-order valence-corrected chi connectivity index (χ2v) is 12.4. The molecular weight excluding hydrogens is 678 g/mol. The maximum atomic E-state index is 12.2. The lowest BCUT2D eigenvalue weighted by atomic mass is 10.0. The number of rotatable bonds is 10. The summed E-state index contributed by atoms with van der Waals surface area (Å²) in [6.07, 6.45) is 3.73. The van der Waals surface area contributed by atoms with Gasteiger partial charge in [-0.1, -0.05) is 24.3 Å². The van der Waals surface area contributed by atoms with Gasteiger partial charge in [0.05, 0.1) is 34.1 Å². The van der Waals surface area contributed by atoms with Crippen molar-refractivity contribution in [2.45, 2.75) is 4.90 Å². The lowest BCUT2D eigenvalue weighted by Crippen LogP contribution is -2.21. The van der Waals surface area contributed by atoms with Gasteiger partial charge in [0, 0.05) is 19.7 Å². The number of ketones is 1. The van der Waals surface area contributed by atoms with E-state index in [0.29, 0.717) is 22.6 Å². The third kappa shape index (κ3) is 8.42. The van der Waals surface area contributed by atoms with E-state index in [1.807, 2.05) is 12.1 Å². The average molecular weight is 708 g/mol. The molecule has 17 heteroatoms. The van der Waals surface area contributed by atoms with Crippen molar-refractivity contribution in [2.75, 3.05) is 31.0 Å². The number of hydrazone groups is 1. The molecule has 1 aliphatic rings. The topological polar surface area (TPSA) is 255 Å². The highest BCUT2D eigenvalue weighted by atomic mass is 32.2. The third-order valence-corrected chi connectivity index (χ3v) is 8.14. The van der Waals surface area contributed by atoms with Crippen LogP contribution in [0.2, 0.25) is 0 Å². The van der Waals surface area contributed by atoms with Crippen molar-refractivity contribution in [3.8, 4) is 11.1 Å². The standard InChI is InChI=1S/C34H29N9O7S/c1-43(2)33(45)21-7-13-24(14-8-21)39-42-32-30(35)27(18-29(31(32)36)51(48,49)50)41-38-23-11-5-20(6-12-23)19-3-9-22(10-4-19)37-40-25-15-16-28(44)26(17-25)34(46)47/h3-18,37H,35-36H2,1-2H3,(H,46,47)(H,48,49,50). The maximum Gasteiger partial charge on any atom is 0.339 e. The van der Waals surface area contributed by atoms with E-state index in [1.165, 1.54) is 29.2 Å². The lowest BCUT2D eigenvalue weighted by molar-refractivity contribution is -0.134. The minimum Gasteiger partial charge on any atom is -0.478 e. The highest BCUT2D eigenvalue weighted by Crippen LogP contribution is 2.43. The Bertz CT molecular complexity index is 2300. The predicted molar refractivity (Wildman–Crippen MR) is 191 cm³/mol. The molecule has 0 saturated heterocycles. The molecule has 16 nitrogen and oxygen atoms in total. The predicted octanol–water partition coefficient (Wildman–Crippen LogP) is 6.22. The summed E-state index contributed by atoms with van der Waals surface area (Å²) in [6.45, 7) is 0. The molecule has 1 amide bonds. The van der Waals surface area contributed by atoms with Crippen molar-refractivity contribution in [1.82, 2.24) is 4.90 Å². The molecule has 0 heterocycles. The number of nitrogens with two attached hydrogens (primary N) is 2. The van der Waals surface area contributed by atoms with Crippen LogP contribution in [0.1, 0.15) is 10.4 Å². The smallest absolute Gasteiger partial charge is 0.339 e. The summed E-state index contributed by atoms with van der Waals surface area (Å²) in [4.78, 5) is 35.7. The van der Waals surface area contributed by atoms with E-state index in [0.717, 1.165) is 23.3 Å². The number of carboxylic acid groups (broad SMARTS) is 1. The van der Waals surface area contributed by atoms with Crippen LogP contribution in [0.4, 0.5) is 39.8 Å². The van der Waals surface area contributed by atoms with Crippen molar-refractivity contribution in [1.29, 1.82) is 0 Å². The monoisotopic (exact) mass is 707 g/mol. The van der Waals surface area contributed by atoms with Gasteiger partial charge in [0.25, 0.3) is 16.0 Å². The zero-order valence-electron chi connectivity index (χ0n) is 26.9. The van der Waals surface area contributed by atoms with Gasteiger partial charge in [0.2, 0.25) is 0 Å². The van der Waals surface area contributed by atoms with E-state index < -0.39 is 32.5 Å². The van der Waals surface area contributed by atoms with Crippen LogP contribution in [-0.4, -0.2) is 60.4 Å². The molecule has 1 aliphatic carbocycles. The number of nitrogens with zero attached hydrogens (tertiary/aromatic N) is 6. The number of hydrogen-bond donors (Lipinski definition) is 5. The first-order valence-corrected chi connectivity index (χ1v) is 16.2. The number of hydrogen-bond acceptors (Lipinski definition) is 13. The van der Waals surface area contributed by atoms with Gasteiger partial charge < -0.3 is 21.5 Å². The summed E-state index contributed by atoms with van der Waals surface area (Å²) in [7, 11) is -1.58. The Labute approximate surface area is 291 Å². The SMILES string of the molecule is CN(C)C(=O)c1ccc(N=Nc2c(N)c(N=Nc3ccc(-c4ccc(NN=C5C=CC(=O)C(C(=O)O)=C5)cc4)cc3)cc(S(=O)(=O)O)c2N)cc1. The van der Waals surface area contributed by atoms with Crippen LogP contribution in [0.3, 0.4) is 0 Å². The summed E-state index contributed by atoms with van der Waals surface area (Å²) in [5, 5.41) is 29.6. The lowest BCUT2D eigenvalue weighted by Gasteiger charge is -2.11. The Morgan fingerprint density at radius 3 is 1.92 bits per heavy atom. The number of carboxylic acids is 1. The van der Waals surface area contributed by atoms with Crippen LogP contribution in [0.5, 0.6) is 0 Å². The number of azo groups is 2. The minimum absolute atomic E-state index is 0.140. The molecule has 0 aliphatic heterocycles. The van der Waals surface area contributed by atoms with Gasteiger partial charge in [-0.05, 0) is 84.0 Å². The van der Waals surface area contributed by atoms with Crippen molar-refractivity contribution < 1.29 is 32.5 Å². The first kappa shape index (κ1) is 35.5. The van der Waals surface area contributed by atoms with Crippen molar-refractivity contribution in [3.63, 3.8) is 0 Å². The fourth-order valence-electron chi connectivity index (χ4n) is 4.56. The van der Waals surface area contributed by atoms with E-state index in [-0.39, 0.29) is 34.3 Å². The van der Waals surface area contributed by atoms with Gasteiger partial charge in [0.1, 0.15) is 21.8 Å². The number of amides is 1. The Kier molecular flexibility index (Phi) is 10.2. The van der Waals surface area contributed by atoms with Gasteiger partial charge >= 0.3 is 5.97 Å². The molecule has 51 heavy (non-hydrogen) atoms. The molecule has 0 radical (unpaired) electrons. The van der Waals surface area contributed by atoms with Crippen molar-refractivity contribution in [3.05, 3.63) is 108 Å². The highest BCUT2D eigenvalue weighted by molar-refractivity contribution is 7.86. The number of allylic oxidation sites excluding steroid dienone is 3. The molecular formula is C34H29N9O7S. The van der Waals surface area contributed by atoms with Gasteiger partial charge in [-0.25, -0.2) is 4.79 Å². The van der Waals surface area contributed by atoms with E-state index >= 15 is 0 Å². The zero-order chi connectivity index (χ0) is 36.9. The largest absolute Gasteiger partial charge is 0.478 e. The third-order valence-electron chi connectivity index (χ3n) is 7.25. The fraction of sp³-hybridized carbons (Fsp3) is 0.0588. The van der Waals surface area contributed by atoms with Gasteiger partial charge in [-0.3, -0.25) is 19.6 Å². The second kappa shape index (κ2) is 14.7. The molecule has 258 valence electrons. The van der Waals surface area contributed by atoms with E-state index in [1.54, 1.807) is 62.6 Å². The van der Waals surface area contributed by atoms with Crippen LogP contribution in [-0.2, 0) is 19.7 Å². The number of anilines is 3. The summed E-state index contributed by atoms with van der Waals surface area (Å²) in [6, 6.07) is 21.2. The Hall–Kier alpha value is -6.85. The summed E-state index contributed by atoms with van der Waals surface area (Å²) in [5.74, 6) is -2.15. The number of benzene rings is 4. The molecule has 4 aromatic rings. The molecule has 0 saturated carbocycles. The van der Waals surface area contributed by atoms with Crippen LogP contribution < -0.4 is 16.9 Å². The quantitative estimate of drug-likeness (QED) is 0.0311. The molecule has 0 aromatic heterocycles. The molecule has 0 atom stereocenters. The van der Waals surface area contributed by atoms with Crippen molar-refractivity contribution >= 4 is 73.3 Å². The first-order chi connectivity index (χ1) is 24.2. The van der Waals surface area contributed by atoms with Gasteiger partial charge in [-0.2, -0.15) is 23.7 Å². The number of aliphatic carboxylic acids is 1. The number of carbonyl (C=O) groups is 3. The Morgan fingerprint density at radius 1 is 0.784 bits per heavy atom. The minimum atomic E-state index is -4.82. The molecule has 0 spiro atoms. The normalized spacial score (nSPS) is 13.9. The number of carbonyl (C=O) groups excluding carboxylic acids is 2. The van der Waals surface area contributed by atoms with Gasteiger partial charge in [0.15, 0.2) is 5.78 Å². The number of nitrogen functional groups attached to an aromatic ring is 2. The Morgan fingerprint density at radius 2 is 1.35 bits per heavy atom. The van der Waals surface area contributed by atoms with E-state index in [2.05, 4.69) is 31.0 Å². The number of nitrogens with one attached hydrogen (secondary N) is 1. The second-order valence-electron chi connectivity index (χ2n) is 11.0. The van der Waals surface area contributed by atoms with Crippen LogP contribution in [0.15, 0.2) is 133 Å². The molecule has 0 unspecified atom stereocenters. The van der Waals surface area contributed by atoms with E-state index in [9.17, 15) is 27.4 Å². The summed E-state index contributed by atoms with van der Waals surface area (Å²) in [5.41, 5.74) is 17.4. The highest BCUT2D eigenvalue weighted by Gasteiger charge is 2.23. The van der Waals surface area contributed by atoms with Crippen molar-refractivity contribution in [2.24, 2.45) is 25.6 Å². The summed E-state index contributed by atoms with van der Waals surface area (Å²) < 4.78 is 34.1. The Balaban J connectivity index is 1.33. The van der Waals surface area contributed by atoms with Crippen LogP contribution >= 0.6 is 0 Å². The summed E-state index contributed by atoms with van der Waals surface area (Å²) >= 11 is 0. The van der Waals surface area contributed by atoms with E-state index in [4.69, 9.17) is 16.6 Å². The molecule has 5 rings (SSSR count). The maximum absolute atomic E-state index is 12.2. The molecule has 4 aromatic carbocycles.